The van der Waals surface area contributed by atoms with E-state index in [1.165, 1.54) is 68.2 Å². The monoisotopic (exact) mass is 882 g/mol. The third-order valence-electron chi connectivity index (χ3n) is 8.81. The highest BCUT2D eigenvalue weighted by Crippen LogP contribution is 2.32. The minimum Gasteiger partial charge on any atom is -0.444 e. The molecule has 3 aromatic rings. The van der Waals surface area contributed by atoms with Crippen LogP contribution in [-0.4, -0.2) is 97.6 Å². The molecule has 3 aliphatic heterocycles. The predicted molar refractivity (Wildman–Crippen MR) is 224 cm³/mol. The number of rotatable bonds is 15. The zero-order valence-corrected chi connectivity index (χ0v) is 35.5. The van der Waals surface area contributed by atoms with Crippen LogP contribution in [0.5, 0.6) is 0 Å². The fraction of sp³-hybridized carbons (Fsp3) is 0.450. The zero-order chi connectivity index (χ0) is 42.2. The average Bonchev–Trinajstić information content (AvgIpc) is 3.93. The highest BCUT2D eigenvalue weighted by atomic mass is 35.5. The molecule has 0 saturated carbocycles. The number of carbonyl (C=O) groups excluding carboxylic acids is 3. The van der Waals surface area contributed by atoms with Gasteiger partial charge in [0.25, 0.3) is 0 Å². The lowest BCUT2D eigenvalue weighted by Crippen LogP contribution is -2.24. The van der Waals surface area contributed by atoms with Crippen molar-refractivity contribution in [3.05, 3.63) is 83.5 Å². The van der Waals surface area contributed by atoms with E-state index < -0.39 is 18.3 Å². The van der Waals surface area contributed by atoms with Gasteiger partial charge in [0.2, 0.25) is 6.54 Å². The van der Waals surface area contributed by atoms with Crippen LogP contribution < -0.4 is 14.7 Å². The Morgan fingerprint density at radius 3 is 1.28 bits per heavy atom. The number of ether oxygens (including phenoxy) is 3. The molecule has 3 heterocycles. The van der Waals surface area contributed by atoms with Gasteiger partial charge in [0.05, 0.1) is 49.1 Å². The van der Waals surface area contributed by atoms with E-state index in [-0.39, 0.29) is 42.4 Å². The molecule has 0 radical (unpaired) electrons. The van der Waals surface area contributed by atoms with Crippen molar-refractivity contribution in [1.29, 1.82) is 0 Å². The van der Waals surface area contributed by atoms with Gasteiger partial charge in [0, 0.05) is 32.1 Å². The number of aliphatic hydroxyl groups is 1. The lowest BCUT2D eigenvalue weighted by Gasteiger charge is -2.14. The van der Waals surface area contributed by atoms with E-state index in [1.54, 1.807) is 36.4 Å². The first-order valence-corrected chi connectivity index (χ1v) is 22.2. The summed E-state index contributed by atoms with van der Waals surface area (Å²) >= 11 is 9.49. The van der Waals surface area contributed by atoms with Crippen molar-refractivity contribution in [2.75, 3.05) is 70.6 Å². The number of alkyl halides is 1. The maximum Gasteiger partial charge on any atom is 0.414 e. The first kappa shape index (κ1) is 46.7. The van der Waals surface area contributed by atoms with Crippen LogP contribution in [0.25, 0.3) is 4.85 Å². The van der Waals surface area contributed by atoms with E-state index in [1.807, 2.05) is 20.8 Å². The second kappa shape index (κ2) is 23.6. The van der Waals surface area contributed by atoms with E-state index in [0.29, 0.717) is 81.1 Å². The molecule has 3 aliphatic rings. The SMILES string of the molecule is CCC1CN(c2ccc(SCCCl)c(F)c2)C(=O)O1.CC[C@H]1CN(c2ccc(SCCO)c(F)c2)C(=O)O1.[C-]#[N+]CCSc1ccc(N2C[C@H](CC)OC2=O)cc1F. The summed E-state index contributed by atoms with van der Waals surface area (Å²) in [4.78, 5) is 44.1. The van der Waals surface area contributed by atoms with E-state index in [2.05, 4.69) is 4.85 Å². The van der Waals surface area contributed by atoms with E-state index in [4.69, 9.17) is 37.5 Å². The molecular weight excluding hydrogens is 837 g/mol. The molecule has 0 spiro atoms. The summed E-state index contributed by atoms with van der Waals surface area (Å²) in [6.45, 7) is 14.3. The van der Waals surface area contributed by atoms with Gasteiger partial charge in [0.15, 0.2) is 0 Å². The average molecular weight is 883 g/mol. The molecule has 1 unspecified atom stereocenters. The molecule has 3 saturated heterocycles. The van der Waals surface area contributed by atoms with Crippen LogP contribution in [-0.2, 0) is 14.2 Å². The second-order valence-corrected chi connectivity index (χ2v) is 16.5. The van der Waals surface area contributed by atoms with Gasteiger partial charge in [-0.15, -0.1) is 46.9 Å². The Morgan fingerprint density at radius 1 is 0.655 bits per heavy atom. The number of benzene rings is 3. The number of nitrogens with zero attached hydrogens (tertiary/aromatic N) is 4. The molecule has 1 N–H and O–H groups in total. The van der Waals surface area contributed by atoms with Crippen LogP contribution in [0.4, 0.5) is 44.6 Å². The summed E-state index contributed by atoms with van der Waals surface area (Å²) in [5.74, 6) is 1.04. The maximum absolute atomic E-state index is 14.0. The number of hydrogen-bond acceptors (Lipinski definition) is 10. The predicted octanol–water partition coefficient (Wildman–Crippen LogP) is 10.1. The van der Waals surface area contributed by atoms with Gasteiger partial charge in [-0.3, -0.25) is 14.7 Å². The van der Waals surface area contributed by atoms with Gasteiger partial charge in [-0.1, -0.05) is 20.8 Å². The zero-order valence-electron chi connectivity index (χ0n) is 32.3. The first-order valence-electron chi connectivity index (χ1n) is 18.7. The molecule has 3 amide bonds. The highest BCUT2D eigenvalue weighted by molar-refractivity contribution is 7.99. The van der Waals surface area contributed by atoms with Gasteiger partial charge in [-0.25, -0.2) is 34.1 Å². The van der Waals surface area contributed by atoms with Gasteiger partial charge < -0.3 is 24.2 Å². The molecule has 3 atom stereocenters. The van der Waals surface area contributed by atoms with E-state index in [0.717, 1.165) is 19.3 Å². The van der Waals surface area contributed by atoms with Crippen LogP contribution >= 0.6 is 46.9 Å². The Hall–Kier alpha value is -3.95. The summed E-state index contributed by atoms with van der Waals surface area (Å²) in [6.07, 6.45) is 0.621. The Bertz CT molecular complexity index is 1830. The third kappa shape index (κ3) is 13.0. The summed E-state index contributed by atoms with van der Waals surface area (Å²) < 4.78 is 57.1. The maximum atomic E-state index is 14.0. The van der Waals surface area contributed by atoms with Crippen LogP contribution in [0.2, 0.25) is 0 Å². The van der Waals surface area contributed by atoms with Crippen molar-refractivity contribution >= 4 is 82.2 Å². The minimum absolute atomic E-state index is 0.00247. The summed E-state index contributed by atoms with van der Waals surface area (Å²) in [6, 6.07) is 14.1. The largest absolute Gasteiger partial charge is 0.444 e. The number of carbonyl (C=O) groups is 3. The summed E-state index contributed by atoms with van der Waals surface area (Å²) in [7, 11) is 0. The van der Waals surface area contributed by atoms with Crippen LogP contribution in [0.1, 0.15) is 40.0 Å². The molecule has 314 valence electrons. The molecule has 58 heavy (non-hydrogen) atoms. The number of anilines is 3. The Morgan fingerprint density at radius 2 is 1.00 bits per heavy atom. The second-order valence-electron chi connectivity index (χ2n) is 12.8. The summed E-state index contributed by atoms with van der Waals surface area (Å²) in [5, 5.41) is 8.72. The van der Waals surface area contributed by atoms with Gasteiger partial charge in [-0.2, -0.15) is 0 Å². The number of halogens is 4. The van der Waals surface area contributed by atoms with Crippen LogP contribution in [0, 0.1) is 24.0 Å². The van der Waals surface area contributed by atoms with Gasteiger partial charge in [-0.05, 0) is 73.9 Å². The quantitative estimate of drug-likeness (QED) is 0.0521. The minimum atomic E-state index is -0.429. The third-order valence-corrected chi connectivity index (χ3v) is 12.3. The van der Waals surface area contributed by atoms with Crippen LogP contribution in [0.15, 0.2) is 69.3 Å². The molecule has 3 aromatic carbocycles. The molecule has 0 aliphatic carbocycles. The number of aliphatic hydroxyl groups excluding tert-OH is 1. The normalized spacial score (nSPS) is 18.5. The number of amides is 3. The van der Waals surface area contributed by atoms with Crippen molar-refractivity contribution in [2.24, 2.45) is 0 Å². The lowest BCUT2D eigenvalue weighted by atomic mass is 10.2. The van der Waals surface area contributed by atoms with Crippen LogP contribution in [0.3, 0.4) is 0 Å². The number of cyclic esters (lactones) is 3. The molecule has 18 heteroatoms. The Labute approximate surface area is 354 Å². The summed E-state index contributed by atoms with van der Waals surface area (Å²) in [5.41, 5.74) is 1.55. The van der Waals surface area contributed by atoms with Crippen molar-refractivity contribution in [1.82, 2.24) is 0 Å². The fourth-order valence-corrected chi connectivity index (χ4v) is 7.99. The van der Waals surface area contributed by atoms with Crippen molar-refractivity contribution in [3.8, 4) is 0 Å². The number of hydrogen-bond donors (Lipinski definition) is 1. The number of thioether (sulfide) groups is 3. The van der Waals surface area contributed by atoms with E-state index >= 15 is 0 Å². The van der Waals surface area contributed by atoms with Gasteiger partial charge >= 0.3 is 18.3 Å². The topological polar surface area (TPSA) is 113 Å². The fourth-order valence-electron chi connectivity index (χ4n) is 5.66. The van der Waals surface area contributed by atoms with Crippen molar-refractivity contribution in [2.45, 2.75) is 73.0 Å². The molecular formula is C40H46ClF3N4O7S3. The lowest BCUT2D eigenvalue weighted by molar-refractivity contribution is 0.138. The molecule has 0 aromatic heterocycles. The Balaban J connectivity index is 0.000000193. The highest BCUT2D eigenvalue weighted by Gasteiger charge is 2.33. The molecule has 11 nitrogen and oxygen atoms in total. The standard InChI is InChI=1S/C14H15FN2O2S.C13H15ClFNO2S.C13H16FNO3S/c1-3-11-9-17(14(18)19-11)10-4-5-13(12(15)8-10)20-7-6-16-2;1-2-10-8-16(13(17)18-10)9-3-4-12(11(15)7-9)19-6-5-14;1-2-10-8-15(13(17)18-10)9-3-4-12(11(14)7-9)19-6-5-16/h4-5,8,11H,3,6-7,9H2,1H3;3-4,7,10H,2,5-6,8H2,1H3;3-4,7,10,16H,2,5-6,8H2,1H3/t11-;;10-/m0.0/s1. The molecule has 6 rings (SSSR count). The Kier molecular flexibility index (Phi) is 19.0. The van der Waals surface area contributed by atoms with Gasteiger partial charge in [0.1, 0.15) is 35.8 Å². The van der Waals surface area contributed by atoms with Crippen molar-refractivity contribution < 1.29 is 46.9 Å². The molecule has 0 bridgehead atoms. The molecule has 3 fully saturated rings. The van der Waals surface area contributed by atoms with Crippen molar-refractivity contribution in [3.63, 3.8) is 0 Å². The smallest absolute Gasteiger partial charge is 0.414 e. The first-order chi connectivity index (χ1) is 28.0. The van der Waals surface area contributed by atoms with E-state index in [9.17, 15) is 27.6 Å².